The van der Waals surface area contributed by atoms with Crippen LogP contribution in [0.5, 0.6) is 0 Å². The average Bonchev–Trinajstić information content (AvgIpc) is 2.63. The van der Waals surface area contributed by atoms with Crippen molar-refractivity contribution in [2.45, 2.75) is 76.4 Å². The van der Waals surface area contributed by atoms with Gasteiger partial charge in [-0.25, -0.2) is 5.43 Å². The molecule has 0 unspecified atom stereocenters. The summed E-state index contributed by atoms with van der Waals surface area (Å²) in [7, 11) is 0. The van der Waals surface area contributed by atoms with Gasteiger partial charge in [0.25, 0.3) is 0 Å². The summed E-state index contributed by atoms with van der Waals surface area (Å²) < 4.78 is 0. The first kappa shape index (κ1) is 21.3. The van der Waals surface area contributed by atoms with E-state index >= 15 is 0 Å². The second-order valence-electron chi connectivity index (χ2n) is 6.98. The minimum Gasteiger partial charge on any atom is -0.272 e. The van der Waals surface area contributed by atoms with Crippen LogP contribution in [-0.2, 0) is 10.5 Å². The van der Waals surface area contributed by atoms with E-state index in [4.69, 9.17) is 11.6 Å². The Hall–Kier alpha value is -1.00. The normalized spacial score (nSPS) is 17.0. The van der Waals surface area contributed by atoms with Gasteiger partial charge < -0.3 is 0 Å². The fourth-order valence-corrected chi connectivity index (χ4v) is 4.28. The van der Waals surface area contributed by atoms with Gasteiger partial charge in [-0.05, 0) is 37.3 Å². The van der Waals surface area contributed by atoms with Crippen LogP contribution >= 0.6 is 23.4 Å². The molecule has 5 heteroatoms. The molecule has 1 N–H and O–H groups in total. The van der Waals surface area contributed by atoms with Crippen LogP contribution in [0.2, 0.25) is 5.02 Å². The first-order valence-corrected chi connectivity index (χ1v) is 11.4. The van der Waals surface area contributed by atoms with E-state index in [0.717, 1.165) is 34.9 Å². The lowest BCUT2D eigenvalue weighted by molar-refractivity contribution is -0.118. The molecule has 1 aromatic rings. The summed E-state index contributed by atoms with van der Waals surface area (Å²) in [5.41, 5.74) is 4.99. The summed E-state index contributed by atoms with van der Waals surface area (Å²) in [4.78, 5) is 12.1. The number of carbonyl (C=O) groups is 1. The van der Waals surface area contributed by atoms with Crippen molar-refractivity contribution >= 4 is 35.0 Å². The number of benzene rings is 1. The minimum absolute atomic E-state index is 0.0272. The third kappa shape index (κ3) is 9.09. The molecular formula is C21H31ClN2OS. The van der Waals surface area contributed by atoms with Crippen LogP contribution in [0.4, 0.5) is 0 Å². The summed E-state index contributed by atoms with van der Waals surface area (Å²) >= 11 is 7.71. The van der Waals surface area contributed by atoms with Gasteiger partial charge in [0.15, 0.2) is 0 Å². The third-order valence-corrected chi connectivity index (χ3v) is 6.07. The molecule has 2 rings (SSSR count). The van der Waals surface area contributed by atoms with Crippen LogP contribution < -0.4 is 5.43 Å². The first-order chi connectivity index (χ1) is 12.8. The topological polar surface area (TPSA) is 41.5 Å². The summed E-state index contributed by atoms with van der Waals surface area (Å²) in [5.74, 6) is 1.12. The predicted octanol–water partition coefficient (Wildman–Crippen LogP) is 6.35. The largest absolute Gasteiger partial charge is 0.272 e. The summed E-state index contributed by atoms with van der Waals surface area (Å²) in [6, 6.07) is 7.77. The van der Waals surface area contributed by atoms with Crippen molar-refractivity contribution in [2.24, 2.45) is 5.10 Å². The molecular weight excluding hydrogens is 364 g/mol. The highest BCUT2D eigenvalue weighted by Gasteiger charge is 2.06. The van der Waals surface area contributed by atoms with Gasteiger partial charge in [-0.15, -0.1) is 11.8 Å². The Bertz CT molecular complexity index is 563. The highest BCUT2D eigenvalue weighted by atomic mass is 35.5. The van der Waals surface area contributed by atoms with Crippen molar-refractivity contribution in [2.75, 3.05) is 5.75 Å². The number of nitrogens with zero attached hydrogens (tertiary/aromatic N) is 1. The van der Waals surface area contributed by atoms with Crippen molar-refractivity contribution in [1.82, 2.24) is 5.43 Å². The molecule has 1 aromatic carbocycles. The highest BCUT2D eigenvalue weighted by molar-refractivity contribution is 7.99. The lowest BCUT2D eigenvalue weighted by Crippen LogP contribution is -2.21. The number of hydrazone groups is 1. The second-order valence-corrected chi connectivity index (χ2v) is 8.37. The molecule has 0 spiro atoms. The minimum atomic E-state index is -0.0272. The van der Waals surface area contributed by atoms with E-state index in [1.807, 2.05) is 24.3 Å². The average molecular weight is 395 g/mol. The monoisotopic (exact) mass is 394 g/mol. The smallest absolute Gasteiger partial charge is 0.250 e. The molecule has 0 heterocycles. The van der Waals surface area contributed by atoms with E-state index in [0.29, 0.717) is 5.75 Å². The maximum atomic E-state index is 12.1. The summed E-state index contributed by atoms with van der Waals surface area (Å²) in [6.45, 7) is 0. The van der Waals surface area contributed by atoms with Crippen molar-refractivity contribution in [3.05, 3.63) is 34.9 Å². The third-order valence-electron chi connectivity index (χ3n) is 4.72. The Balaban J connectivity index is 1.72. The maximum Gasteiger partial charge on any atom is 0.250 e. The lowest BCUT2D eigenvalue weighted by Gasteiger charge is -2.10. The molecule has 0 bridgehead atoms. The molecule has 1 amide bonds. The Kier molecular flexibility index (Phi) is 10.8. The fraction of sp³-hybridized carbons (Fsp3) is 0.619. The summed E-state index contributed by atoms with van der Waals surface area (Å²) in [5, 5.41) is 5.19. The van der Waals surface area contributed by atoms with E-state index in [1.165, 1.54) is 57.8 Å². The van der Waals surface area contributed by atoms with Gasteiger partial charge in [-0.1, -0.05) is 74.7 Å². The predicted molar refractivity (Wildman–Crippen MR) is 114 cm³/mol. The summed E-state index contributed by atoms with van der Waals surface area (Å²) in [6.07, 6.45) is 13.8. The molecule has 3 nitrogen and oxygen atoms in total. The maximum absolute atomic E-state index is 12.1. The molecule has 1 aliphatic carbocycles. The Labute approximate surface area is 167 Å². The van der Waals surface area contributed by atoms with Crippen LogP contribution in [0.1, 0.15) is 76.2 Å². The number of carbonyl (C=O) groups excluding carboxylic acids is 1. The second kappa shape index (κ2) is 13.2. The zero-order valence-corrected chi connectivity index (χ0v) is 17.2. The van der Waals surface area contributed by atoms with Crippen LogP contribution in [0.3, 0.4) is 0 Å². The van der Waals surface area contributed by atoms with E-state index < -0.39 is 0 Å². The Morgan fingerprint density at radius 1 is 0.962 bits per heavy atom. The van der Waals surface area contributed by atoms with Crippen molar-refractivity contribution in [3.63, 3.8) is 0 Å². The van der Waals surface area contributed by atoms with Gasteiger partial charge in [-0.3, -0.25) is 4.79 Å². The van der Waals surface area contributed by atoms with E-state index in [9.17, 15) is 4.79 Å². The van der Waals surface area contributed by atoms with Gasteiger partial charge in [-0.2, -0.15) is 5.10 Å². The first-order valence-electron chi connectivity index (χ1n) is 9.91. The number of thioether (sulfide) groups is 1. The van der Waals surface area contributed by atoms with Gasteiger partial charge in [0.1, 0.15) is 0 Å². The van der Waals surface area contributed by atoms with Crippen molar-refractivity contribution < 1.29 is 4.79 Å². The van der Waals surface area contributed by atoms with Gasteiger partial charge in [0.05, 0.1) is 5.75 Å². The SMILES string of the molecule is O=C(CSCc1ccccc1Cl)NN=C1CCCCCCCCCCC1. The zero-order valence-electron chi connectivity index (χ0n) is 15.6. The zero-order chi connectivity index (χ0) is 18.5. The fourth-order valence-electron chi connectivity index (χ4n) is 3.18. The molecule has 0 radical (unpaired) electrons. The number of hydrogen-bond acceptors (Lipinski definition) is 3. The van der Waals surface area contributed by atoms with Crippen LogP contribution in [0.25, 0.3) is 0 Å². The molecule has 1 fully saturated rings. The van der Waals surface area contributed by atoms with Crippen LogP contribution in [0, 0.1) is 0 Å². The number of hydrogen-bond donors (Lipinski definition) is 1. The standard InChI is InChI=1S/C21H31ClN2OS/c22-20-15-11-10-12-18(20)16-26-17-21(25)24-23-19-13-8-6-4-2-1-3-5-7-9-14-19/h10-12,15H,1-9,13-14,16-17H2,(H,24,25). The van der Waals surface area contributed by atoms with Gasteiger partial charge in [0, 0.05) is 16.5 Å². The molecule has 0 saturated heterocycles. The number of amides is 1. The number of halogens is 1. The van der Waals surface area contributed by atoms with Crippen molar-refractivity contribution in [1.29, 1.82) is 0 Å². The molecule has 0 aromatic heterocycles. The molecule has 0 aliphatic heterocycles. The Morgan fingerprint density at radius 3 is 2.15 bits per heavy atom. The van der Waals surface area contributed by atoms with E-state index in [-0.39, 0.29) is 5.91 Å². The van der Waals surface area contributed by atoms with Crippen LogP contribution in [-0.4, -0.2) is 17.4 Å². The van der Waals surface area contributed by atoms with Gasteiger partial charge >= 0.3 is 0 Å². The molecule has 0 atom stereocenters. The molecule has 144 valence electrons. The quantitative estimate of drug-likeness (QED) is 0.591. The number of rotatable bonds is 5. The number of nitrogens with one attached hydrogen (secondary N) is 1. The van der Waals surface area contributed by atoms with E-state index in [2.05, 4.69) is 10.5 Å². The van der Waals surface area contributed by atoms with E-state index in [1.54, 1.807) is 11.8 Å². The van der Waals surface area contributed by atoms with Crippen LogP contribution in [0.15, 0.2) is 29.4 Å². The van der Waals surface area contributed by atoms with Crippen molar-refractivity contribution in [3.8, 4) is 0 Å². The highest BCUT2D eigenvalue weighted by Crippen LogP contribution is 2.20. The Morgan fingerprint density at radius 2 is 1.54 bits per heavy atom. The molecule has 26 heavy (non-hydrogen) atoms. The van der Waals surface area contributed by atoms with Gasteiger partial charge in [0.2, 0.25) is 5.91 Å². The molecule has 1 aliphatic rings. The lowest BCUT2D eigenvalue weighted by atomic mass is 10.00. The molecule has 1 saturated carbocycles.